The highest BCUT2D eigenvalue weighted by molar-refractivity contribution is 9.10. The van der Waals surface area contributed by atoms with Crippen LogP contribution in [0.5, 0.6) is 0 Å². The fourth-order valence-corrected chi connectivity index (χ4v) is 5.63. The molecule has 0 bridgehead atoms. The zero-order valence-electron chi connectivity index (χ0n) is 22.6. The third-order valence-electron chi connectivity index (χ3n) is 6.85. The molecule has 1 aliphatic heterocycles. The Labute approximate surface area is 242 Å². The largest absolute Gasteiger partial charge is 0.459 e. The fraction of sp³-hybridized carbons (Fsp3) is 0.281. The maximum Gasteiger partial charge on any atom is 0.408 e. The normalized spacial score (nSPS) is 17.1. The van der Waals surface area contributed by atoms with Crippen molar-refractivity contribution < 1.29 is 23.9 Å². The Balaban J connectivity index is 1.33. The molecule has 0 unspecified atom stereocenters. The maximum atomic E-state index is 13.8. The van der Waals surface area contributed by atoms with E-state index in [1.54, 1.807) is 32.9 Å². The molecule has 0 radical (unpaired) electrons. The monoisotopic (exact) mass is 602 g/mol. The van der Waals surface area contributed by atoms with Crippen LogP contribution in [-0.4, -0.2) is 42.8 Å². The van der Waals surface area contributed by atoms with Gasteiger partial charge in [0.2, 0.25) is 0 Å². The molecule has 0 fully saturated rings. The fourth-order valence-electron chi connectivity index (χ4n) is 5.22. The Morgan fingerprint density at radius 1 is 1.00 bits per heavy atom. The number of carbonyl (C=O) groups is 3. The molecule has 1 aliphatic carbocycles. The van der Waals surface area contributed by atoms with Gasteiger partial charge in [0.05, 0.1) is 0 Å². The van der Waals surface area contributed by atoms with E-state index >= 15 is 0 Å². The lowest BCUT2D eigenvalue weighted by Crippen LogP contribution is -2.50. The van der Waals surface area contributed by atoms with E-state index in [0.717, 1.165) is 32.3 Å². The van der Waals surface area contributed by atoms with Gasteiger partial charge in [-0.2, -0.15) is 0 Å². The number of benzene rings is 3. The number of hydrogen-bond donors (Lipinski definition) is 1. The summed E-state index contributed by atoms with van der Waals surface area (Å²) in [6.07, 6.45) is 3.27. The summed E-state index contributed by atoms with van der Waals surface area (Å²) in [7, 11) is 0. The molecule has 2 amide bonds. The lowest BCUT2D eigenvalue weighted by Gasteiger charge is -2.30. The zero-order valence-corrected chi connectivity index (χ0v) is 24.2. The molecule has 3 aromatic rings. The number of nitrogens with one attached hydrogen (secondary N) is 1. The van der Waals surface area contributed by atoms with Gasteiger partial charge in [-0.3, -0.25) is 14.5 Å². The van der Waals surface area contributed by atoms with E-state index in [9.17, 15) is 14.4 Å². The van der Waals surface area contributed by atoms with Crippen molar-refractivity contribution in [3.63, 3.8) is 0 Å². The Morgan fingerprint density at radius 2 is 1.65 bits per heavy atom. The first-order valence-corrected chi connectivity index (χ1v) is 14.0. The minimum atomic E-state index is -1.02. The van der Waals surface area contributed by atoms with Crippen LogP contribution in [0.25, 0.3) is 11.1 Å². The number of ether oxygens (including phenoxy) is 2. The van der Waals surface area contributed by atoms with Gasteiger partial charge in [0.25, 0.3) is 5.91 Å². The SMILES string of the molecule is CC(C)(C)OC(=O)CN1C(=O)[C@@H](NC(=O)OCC2c3ccccc3-c3ccccc32)/C=C\Cc2cc(Br)ccc21. The summed E-state index contributed by atoms with van der Waals surface area (Å²) < 4.78 is 12.0. The van der Waals surface area contributed by atoms with Gasteiger partial charge in [0, 0.05) is 16.1 Å². The molecular weight excluding hydrogens is 572 g/mol. The average molecular weight is 604 g/mol. The molecule has 0 spiro atoms. The number of amides is 2. The van der Waals surface area contributed by atoms with Crippen LogP contribution in [0.2, 0.25) is 0 Å². The third kappa shape index (κ3) is 5.97. The van der Waals surface area contributed by atoms with Crippen molar-refractivity contribution in [2.45, 2.75) is 44.8 Å². The molecule has 8 heteroatoms. The predicted molar refractivity (Wildman–Crippen MR) is 157 cm³/mol. The van der Waals surface area contributed by atoms with Gasteiger partial charge >= 0.3 is 12.1 Å². The smallest absolute Gasteiger partial charge is 0.408 e. The van der Waals surface area contributed by atoms with Gasteiger partial charge in [-0.05, 0) is 73.2 Å². The van der Waals surface area contributed by atoms with Crippen molar-refractivity contribution in [1.82, 2.24) is 5.32 Å². The molecule has 0 saturated carbocycles. The Morgan fingerprint density at radius 3 is 2.30 bits per heavy atom. The summed E-state index contributed by atoms with van der Waals surface area (Å²) in [6, 6.07) is 20.7. The molecule has 5 rings (SSSR count). The Hall–Kier alpha value is -3.91. The molecule has 0 aromatic heterocycles. The number of alkyl carbamates (subject to hydrolysis) is 1. The van der Waals surface area contributed by atoms with E-state index < -0.39 is 29.6 Å². The van der Waals surface area contributed by atoms with Crippen LogP contribution in [0.3, 0.4) is 0 Å². The zero-order chi connectivity index (χ0) is 28.4. The van der Waals surface area contributed by atoms with Gasteiger partial charge in [0.15, 0.2) is 0 Å². The van der Waals surface area contributed by atoms with E-state index in [1.165, 1.54) is 4.90 Å². The van der Waals surface area contributed by atoms with Crippen molar-refractivity contribution >= 4 is 39.6 Å². The van der Waals surface area contributed by atoms with Crippen LogP contribution in [-0.2, 0) is 25.5 Å². The first kappa shape index (κ1) is 27.6. The quantitative estimate of drug-likeness (QED) is 0.280. The predicted octanol–water partition coefficient (Wildman–Crippen LogP) is 6.14. The van der Waals surface area contributed by atoms with Gasteiger partial charge in [-0.1, -0.05) is 76.6 Å². The van der Waals surface area contributed by atoms with Crippen molar-refractivity contribution in [3.8, 4) is 11.1 Å². The number of hydrogen-bond acceptors (Lipinski definition) is 5. The number of carbonyl (C=O) groups excluding carboxylic acids is 3. The standard InChI is InChI=1S/C32H31BrN2O5/c1-32(2,3)40-29(36)18-35-28-16-15-21(33)17-20(28)9-8-14-27(30(35)37)34-31(38)39-19-26-24-12-6-4-10-22(24)23-11-5-7-13-25(23)26/h4-8,10-17,26-27H,9,18-19H2,1-3H3,(H,34,38)/b14-8-/t27-/m0/s1. The second kappa shape index (κ2) is 11.3. The molecule has 1 N–H and O–H groups in total. The molecular formula is C32H31BrN2O5. The molecule has 1 atom stereocenters. The molecule has 1 heterocycles. The van der Waals surface area contributed by atoms with Crippen LogP contribution in [0.15, 0.2) is 83.4 Å². The average Bonchev–Trinajstić information content (AvgIpc) is 3.22. The minimum Gasteiger partial charge on any atom is -0.459 e. The van der Waals surface area contributed by atoms with Crippen LogP contribution >= 0.6 is 15.9 Å². The number of esters is 1. The molecule has 0 saturated heterocycles. The number of halogens is 1. The van der Waals surface area contributed by atoms with Gasteiger partial charge in [-0.15, -0.1) is 0 Å². The van der Waals surface area contributed by atoms with Crippen molar-refractivity contribution in [2.24, 2.45) is 0 Å². The maximum absolute atomic E-state index is 13.8. The van der Waals surface area contributed by atoms with Crippen LogP contribution in [0, 0.1) is 0 Å². The Bertz CT molecular complexity index is 1450. The van der Waals surface area contributed by atoms with Crippen molar-refractivity contribution in [1.29, 1.82) is 0 Å². The summed E-state index contributed by atoms with van der Waals surface area (Å²) >= 11 is 3.48. The summed E-state index contributed by atoms with van der Waals surface area (Å²) in [4.78, 5) is 40.9. The van der Waals surface area contributed by atoms with E-state index in [2.05, 4.69) is 33.4 Å². The summed E-state index contributed by atoms with van der Waals surface area (Å²) in [5, 5.41) is 2.70. The second-order valence-corrected chi connectivity index (χ2v) is 11.8. The van der Waals surface area contributed by atoms with E-state index in [-0.39, 0.29) is 19.1 Å². The number of fused-ring (bicyclic) bond motifs is 4. The van der Waals surface area contributed by atoms with Crippen LogP contribution in [0.4, 0.5) is 10.5 Å². The Kier molecular flexibility index (Phi) is 7.81. The van der Waals surface area contributed by atoms with Gasteiger partial charge in [-0.25, -0.2) is 4.79 Å². The highest BCUT2D eigenvalue weighted by Crippen LogP contribution is 2.44. The van der Waals surface area contributed by atoms with E-state index in [0.29, 0.717) is 12.1 Å². The van der Waals surface area contributed by atoms with Crippen LogP contribution in [0.1, 0.15) is 43.4 Å². The molecule has 3 aromatic carbocycles. The highest BCUT2D eigenvalue weighted by Gasteiger charge is 2.33. The highest BCUT2D eigenvalue weighted by atomic mass is 79.9. The molecule has 7 nitrogen and oxygen atoms in total. The summed E-state index contributed by atoms with van der Waals surface area (Å²) in [5.41, 5.74) is 5.21. The third-order valence-corrected chi connectivity index (χ3v) is 7.35. The number of nitrogens with zero attached hydrogens (tertiary/aromatic N) is 1. The van der Waals surface area contributed by atoms with Gasteiger partial charge in [0.1, 0.15) is 24.8 Å². The lowest BCUT2D eigenvalue weighted by atomic mass is 9.98. The molecule has 206 valence electrons. The number of anilines is 1. The summed E-state index contributed by atoms with van der Waals surface area (Å²) in [5.74, 6) is -1.10. The van der Waals surface area contributed by atoms with Crippen LogP contribution < -0.4 is 10.2 Å². The van der Waals surface area contributed by atoms with E-state index in [4.69, 9.17) is 9.47 Å². The lowest BCUT2D eigenvalue weighted by molar-refractivity contribution is -0.153. The molecule has 2 aliphatic rings. The second-order valence-electron chi connectivity index (χ2n) is 10.9. The first-order chi connectivity index (χ1) is 19.1. The minimum absolute atomic E-state index is 0.101. The molecule has 40 heavy (non-hydrogen) atoms. The topological polar surface area (TPSA) is 84.9 Å². The van der Waals surface area contributed by atoms with Gasteiger partial charge < -0.3 is 14.8 Å². The summed E-state index contributed by atoms with van der Waals surface area (Å²) in [6.45, 7) is 5.16. The number of rotatable bonds is 5. The van der Waals surface area contributed by atoms with Crippen molar-refractivity contribution in [2.75, 3.05) is 18.1 Å². The van der Waals surface area contributed by atoms with E-state index in [1.807, 2.05) is 54.6 Å². The first-order valence-electron chi connectivity index (χ1n) is 13.2. The number of allylic oxidation sites excluding steroid dienone is 1. The van der Waals surface area contributed by atoms with Crippen molar-refractivity contribution in [3.05, 3.63) is 100 Å².